The van der Waals surface area contributed by atoms with Crippen LogP contribution in [-0.2, 0) is 0 Å². The number of hydrogen-bond acceptors (Lipinski definition) is 3. The maximum absolute atomic E-state index is 11.3. The second kappa shape index (κ2) is 5.48. The fraction of sp³-hybridized carbons (Fsp3) is 0.125. The van der Waals surface area contributed by atoms with E-state index in [0.717, 1.165) is 5.56 Å². The first kappa shape index (κ1) is 13.0. The Morgan fingerprint density at radius 2 is 1.95 bits per heavy atom. The number of nitrogens with zero attached hydrogens (tertiary/aromatic N) is 1. The predicted octanol–water partition coefficient (Wildman–Crippen LogP) is 3.65. The molecule has 0 bridgehead atoms. The number of carbonyl (C=O) groups excluding carboxylic acids is 1. The molecule has 19 heavy (non-hydrogen) atoms. The van der Waals surface area contributed by atoms with Gasteiger partial charge in [0.15, 0.2) is 5.78 Å². The molecule has 0 saturated heterocycles. The van der Waals surface area contributed by atoms with Crippen LogP contribution in [0.3, 0.4) is 0 Å². The second-order valence-electron chi connectivity index (χ2n) is 4.38. The average Bonchev–Trinajstić information content (AvgIpc) is 2.41. The van der Waals surface area contributed by atoms with Crippen molar-refractivity contribution in [3.05, 3.63) is 59.2 Å². The van der Waals surface area contributed by atoms with Crippen LogP contribution in [0.5, 0.6) is 5.75 Å². The molecule has 96 valence electrons. The summed E-state index contributed by atoms with van der Waals surface area (Å²) in [5, 5.41) is 9.87. The number of aliphatic imine (C=N–C) groups is 1. The first-order chi connectivity index (χ1) is 9.08. The third-order valence-electron chi connectivity index (χ3n) is 2.87. The molecule has 0 fully saturated rings. The molecule has 2 aromatic carbocycles. The Balaban J connectivity index is 2.30. The predicted molar refractivity (Wildman–Crippen MR) is 76.5 cm³/mol. The van der Waals surface area contributed by atoms with E-state index < -0.39 is 0 Å². The Hall–Kier alpha value is -2.42. The van der Waals surface area contributed by atoms with E-state index in [1.165, 1.54) is 6.92 Å². The number of phenolic OH excluding ortho intramolecular Hbond substituents is 1. The lowest BCUT2D eigenvalue weighted by Crippen LogP contribution is -1.90. The summed E-state index contributed by atoms with van der Waals surface area (Å²) in [5.74, 6) is 0.240. The third-order valence-corrected chi connectivity index (χ3v) is 2.87. The normalized spacial score (nSPS) is 10.8. The number of ketones is 1. The standard InChI is InChI=1S/C16H15NO2/c1-11-5-3-7-14(16(11)19)10-17-15-8-4-6-13(9-15)12(2)18/h3-10,19H,1-2H3. The molecule has 0 aromatic heterocycles. The molecule has 0 saturated carbocycles. The van der Waals surface area contributed by atoms with Crippen molar-refractivity contribution in [3.63, 3.8) is 0 Å². The van der Waals surface area contributed by atoms with Crippen LogP contribution in [0.4, 0.5) is 5.69 Å². The van der Waals surface area contributed by atoms with Gasteiger partial charge in [-0.05, 0) is 37.6 Å². The van der Waals surface area contributed by atoms with Crippen LogP contribution in [0.1, 0.15) is 28.4 Å². The van der Waals surface area contributed by atoms with Gasteiger partial charge < -0.3 is 5.11 Å². The fourth-order valence-corrected chi connectivity index (χ4v) is 1.74. The number of benzene rings is 2. The number of hydrogen-bond donors (Lipinski definition) is 1. The molecule has 1 N–H and O–H groups in total. The lowest BCUT2D eigenvalue weighted by atomic mass is 10.1. The van der Waals surface area contributed by atoms with E-state index >= 15 is 0 Å². The first-order valence-corrected chi connectivity index (χ1v) is 6.01. The molecular formula is C16H15NO2. The van der Waals surface area contributed by atoms with Gasteiger partial charge in [-0.1, -0.05) is 24.3 Å². The van der Waals surface area contributed by atoms with E-state index in [9.17, 15) is 9.90 Å². The van der Waals surface area contributed by atoms with Crippen LogP contribution >= 0.6 is 0 Å². The number of Topliss-reactive ketones (excluding diaryl/α,β-unsaturated/α-hetero) is 1. The molecule has 3 heteroatoms. The molecule has 0 unspecified atom stereocenters. The largest absolute Gasteiger partial charge is 0.507 e. The molecule has 0 aliphatic carbocycles. The highest BCUT2D eigenvalue weighted by atomic mass is 16.3. The van der Waals surface area contributed by atoms with Gasteiger partial charge in [-0.3, -0.25) is 9.79 Å². The summed E-state index contributed by atoms with van der Waals surface area (Å²) in [4.78, 5) is 15.6. The number of aryl methyl sites for hydroxylation is 1. The molecule has 0 radical (unpaired) electrons. The zero-order valence-corrected chi connectivity index (χ0v) is 10.9. The molecule has 3 nitrogen and oxygen atoms in total. The number of para-hydroxylation sites is 1. The Kier molecular flexibility index (Phi) is 3.76. The summed E-state index contributed by atoms with van der Waals surface area (Å²) in [7, 11) is 0. The Bertz CT molecular complexity index is 645. The summed E-state index contributed by atoms with van der Waals surface area (Å²) in [6.45, 7) is 3.36. The number of phenols is 1. The van der Waals surface area contributed by atoms with Crippen LogP contribution in [0, 0.1) is 6.92 Å². The topological polar surface area (TPSA) is 49.7 Å². The van der Waals surface area contributed by atoms with Crippen molar-refractivity contribution in [1.82, 2.24) is 0 Å². The van der Waals surface area contributed by atoms with Crippen LogP contribution in [-0.4, -0.2) is 17.1 Å². The van der Waals surface area contributed by atoms with E-state index in [2.05, 4.69) is 4.99 Å². The molecule has 2 rings (SSSR count). The highest BCUT2D eigenvalue weighted by Crippen LogP contribution is 2.21. The summed E-state index contributed by atoms with van der Waals surface area (Å²) in [6.07, 6.45) is 1.60. The van der Waals surface area contributed by atoms with Crippen LogP contribution < -0.4 is 0 Å². The van der Waals surface area contributed by atoms with E-state index in [-0.39, 0.29) is 11.5 Å². The van der Waals surface area contributed by atoms with E-state index in [1.54, 1.807) is 30.5 Å². The minimum atomic E-state index is 0.00968. The van der Waals surface area contributed by atoms with Crippen molar-refractivity contribution in [2.24, 2.45) is 4.99 Å². The van der Waals surface area contributed by atoms with Crippen LogP contribution in [0.15, 0.2) is 47.5 Å². The van der Waals surface area contributed by atoms with Gasteiger partial charge in [-0.15, -0.1) is 0 Å². The fourth-order valence-electron chi connectivity index (χ4n) is 1.74. The minimum Gasteiger partial charge on any atom is -0.507 e. The van der Waals surface area contributed by atoms with Crippen molar-refractivity contribution < 1.29 is 9.90 Å². The molecule has 0 heterocycles. The zero-order valence-electron chi connectivity index (χ0n) is 10.9. The highest BCUT2D eigenvalue weighted by molar-refractivity contribution is 5.95. The van der Waals surface area contributed by atoms with Crippen molar-refractivity contribution in [1.29, 1.82) is 0 Å². The number of carbonyl (C=O) groups is 1. The van der Waals surface area contributed by atoms with Crippen molar-refractivity contribution in [2.75, 3.05) is 0 Å². The highest BCUT2D eigenvalue weighted by Gasteiger charge is 2.01. The third kappa shape index (κ3) is 3.07. The first-order valence-electron chi connectivity index (χ1n) is 6.01. The van der Waals surface area contributed by atoms with E-state index in [1.807, 2.05) is 25.1 Å². The molecule has 0 aliphatic heterocycles. The van der Waals surface area contributed by atoms with Crippen molar-refractivity contribution in [2.45, 2.75) is 13.8 Å². The SMILES string of the molecule is CC(=O)c1cccc(N=Cc2cccc(C)c2O)c1. The van der Waals surface area contributed by atoms with Gasteiger partial charge in [-0.25, -0.2) is 0 Å². The van der Waals surface area contributed by atoms with Gasteiger partial charge >= 0.3 is 0 Å². The molecule has 2 aromatic rings. The van der Waals surface area contributed by atoms with Gasteiger partial charge in [0.05, 0.1) is 5.69 Å². The average molecular weight is 253 g/mol. The maximum atomic E-state index is 11.3. The van der Waals surface area contributed by atoms with Gasteiger partial charge in [0.1, 0.15) is 5.75 Å². The molecule has 0 amide bonds. The van der Waals surface area contributed by atoms with Gasteiger partial charge in [0.25, 0.3) is 0 Å². The maximum Gasteiger partial charge on any atom is 0.159 e. The van der Waals surface area contributed by atoms with E-state index in [4.69, 9.17) is 0 Å². The monoisotopic (exact) mass is 253 g/mol. The van der Waals surface area contributed by atoms with Crippen LogP contribution in [0.25, 0.3) is 0 Å². The molecular weight excluding hydrogens is 238 g/mol. The van der Waals surface area contributed by atoms with E-state index in [0.29, 0.717) is 16.8 Å². The minimum absolute atomic E-state index is 0.00968. The summed E-state index contributed by atoms with van der Waals surface area (Å²) < 4.78 is 0. The second-order valence-corrected chi connectivity index (χ2v) is 4.38. The van der Waals surface area contributed by atoms with Gasteiger partial charge in [0.2, 0.25) is 0 Å². The lowest BCUT2D eigenvalue weighted by Gasteiger charge is -2.02. The molecule has 0 atom stereocenters. The van der Waals surface area contributed by atoms with Crippen molar-refractivity contribution in [3.8, 4) is 5.75 Å². The summed E-state index contributed by atoms with van der Waals surface area (Å²) in [6, 6.07) is 12.6. The zero-order chi connectivity index (χ0) is 13.8. The molecule has 0 spiro atoms. The summed E-state index contributed by atoms with van der Waals surface area (Å²) in [5.41, 5.74) is 2.78. The van der Waals surface area contributed by atoms with Crippen LogP contribution in [0.2, 0.25) is 0 Å². The quantitative estimate of drug-likeness (QED) is 0.670. The molecule has 0 aliphatic rings. The van der Waals surface area contributed by atoms with Gasteiger partial charge in [0, 0.05) is 17.3 Å². The van der Waals surface area contributed by atoms with Gasteiger partial charge in [-0.2, -0.15) is 0 Å². The smallest absolute Gasteiger partial charge is 0.159 e. The number of aromatic hydroxyl groups is 1. The summed E-state index contributed by atoms with van der Waals surface area (Å²) >= 11 is 0. The Labute approximate surface area is 112 Å². The Morgan fingerprint density at radius 1 is 1.21 bits per heavy atom. The Morgan fingerprint density at radius 3 is 2.68 bits per heavy atom. The lowest BCUT2D eigenvalue weighted by molar-refractivity contribution is 0.101. The number of rotatable bonds is 3. The van der Waals surface area contributed by atoms with Crippen molar-refractivity contribution >= 4 is 17.7 Å².